The van der Waals surface area contributed by atoms with Crippen LogP contribution < -0.4 is 20.1 Å². The van der Waals surface area contributed by atoms with E-state index in [2.05, 4.69) is 43.7 Å². The molecule has 1 aromatic heterocycles. The number of hydrogen-bond donors (Lipinski definition) is 2. The molecule has 0 radical (unpaired) electrons. The second kappa shape index (κ2) is 11.8. The van der Waals surface area contributed by atoms with Crippen LogP contribution in [0.1, 0.15) is 48.0 Å². The second-order valence-electron chi connectivity index (χ2n) is 9.85. The van der Waals surface area contributed by atoms with Crippen LogP contribution in [0.15, 0.2) is 36.7 Å². The zero-order valence-corrected chi connectivity index (χ0v) is 22.4. The lowest BCUT2D eigenvalue weighted by Crippen LogP contribution is -2.37. The largest absolute Gasteiger partial charge is 0.493 e. The van der Waals surface area contributed by atoms with E-state index in [1.165, 1.54) is 18.3 Å². The van der Waals surface area contributed by atoms with Crippen LogP contribution in [0.3, 0.4) is 0 Å². The van der Waals surface area contributed by atoms with Crippen molar-refractivity contribution in [3.63, 3.8) is 0 Å². The summed E-state index contributed by atoms with van der Waals surface area (Å²) in [6.07, 6.45) is 4.72. The molecule has 1 amide bonds. The van der Waals surface area contributed by atoms with E-state index in [1.54, 1.807) is 7.11 Å². The summed E-state index contributed by atoms with van der Waals surface area (Å²) in [5.74, 6) is 0.674. The Bertz CT molecular complexity index is 1290. The molecule has 0 spiro atoms. The molecule has 2 unspecified atom stereocenters. The first kappa shape index (κ1) is 26.6. The molecular formula is C28H34ClN5O4. The molecule has 2 saturated heterocycles. The molecular weight excluding hydrogens is 506 g/mol. The van der Waals surface area contributed by atoms with Gasteiger partial charge in [0.25, 0.3) is 0 Å². The van der Waals surface area contributed by atoms with Gasteiger partial charge in [-0.15, -0.1) is 12.4 Å². The molecule has 0 aliphatic carbocycles. The first-order valence-electron chi connectivity index (χ1n) is 13.1. The van der Waals surface area contributed by atoms with Gasteiger partial charge in [-0.05, 0) is 49.1 Å². The highest BCUT2D eigenvalue weighted by Gasteiger charge is 2.35. The molecule has 2 atom stereocenters. The molecule has 6 rings (SSSR count). The van der Waals surface area contributed by atoms with Crippen LogP contribution in [0.25, 0.3) is 10.9 Å². The third-order valence-corrected chi connectivity index (χ3v) is 7.58. The molecule has 38 heavy (non-hydrogen) atoms. The zero-order valence-electron chi connectivity index (χ0n) is 21.6. The highest BCUT2D eigenvalue weighted by molar-refractivity contribution is 6.07. The van der Waals surface area contributed by atoms with Gasteiger partial charge in [-0.1, -0.05) is 12.1 Å². The number of hydrogen-bond acceptors (Lipinski definition) is 8. The van der Waals surface area contributed by atoms with Gasteiger partial charge in [0.15, 0.2) is 11.5 Å². The molecule has 202 valence electrons. The molecule has 2 N–H and O–H groups in total. The first-order chi connectivity index (χ1) is 18.2. The van der Waals surface area contributed by atoms with E-state index >= 15 is 0 Å². The monoisotopic (exact) mass is 539 g/mol. The number of rotatable bonds is 8. The van der Waals surface area contributed by atoms with Crippen molar-refractivity contribution in [2.45, 2.75) is 31.2 Å². The van der Waals surface area contributed by atoms with Crippen LogP contribution in [0.2, 0.25) is 0 Å². The molecule has 3 aliphatic rings. The number of fused-ring (bicyclic) bond motifs is 2. The fraction of sp³-hybridized carbons (Fsp3) is 0.464. The molecule has 2 fully saturated rings. The van der Waals surface area contributed by atoms with Crippen molar-refractivity contribution < 1.29 is 19.0 Å². The van der Waals surface area contributed by atoms with E-state index in [1.807, 2.05) is 12.1 Å². The van der Waals surface area contributed by atoms with E-state index in [0.29, 0.717) is 29.8 Å². The molecule has 3 aliphatic heterocycles. The summed E-state index contributed by atoms with van der Waals surface area (Å²) in [5.41, 5.74) is 4.41. The Morgan fingerprint density at radius 2 is 2.00 bits per heavy atom. The number of carbonyl (C=O) groups is 1. The van der Waals surface area contributed by atoms with Crippen molar-refractivity contribution >= 4 is 34.9 Å². The number of anilines is 1. The molecule has 0 saturated carbocycles. The van der Waals surface area contributed by atoms with Crippen molar-refractivity contribution in [3.05, 3.63) is 53.5 Å². The number of aromatic nitrogens is 2. The van der Waals surface area contributed by atoms with Gasteiger partial charge in [-0.2, -0.15) is 0 Å². The molecule has 4 heterocycles. The van der Waals surface area contributed by atoms with Gasteiger partial charge in [-0.25, -0.2) is 9.97 Å². The summed E-state index contributed by atoms with van der Waals surface area (Å²) in [5, 5.41) is 7.40. The third-order valence-electron chi connectivity index (χ3n) is 7.58. The lowest BCUT2D eigenvalue weighted by atomic mass is 9.92. The number of morpholine rings is 1. The lowest BCUT2D eigenvalue weighted by molar-refractivity contribution is -0.116. The minimum atomic E-state index is -0.504. The van der Waals surface area contributed by atoms with Crippen LogP contribution in [-0.4, -0.2) is 73.9 Å². The Morgan fingerprint density at radius 1 is 1.13 bits per heavy atom. The van der Waals surface area contributed by atoms with Gasteiger partial charge in [0.05, 0.1) is 38.1 Å². The number of halogens is 1. The van der Waals surface area contributed by atoms with Gasteiger partial charge in [0.2, 0.25) is 5.91 Å². The number of nitrogens with one attached hydrogen (secondary N) is 2. The normalized spacial score (nSPS) is 21.1. The average Bonchev–Trinajstić information content (AvgIpc) is 3.58. The fourth-order valence-electron chi connectivity index (χ4n) is 5.62. The van der Waals surface area contributed by atoms with Gasteiger partial charge < -0.3 is 24.8 Å². The maximum absolute atomic E-state index is 13.2. The Balaban J connectivity index is 0.00000294. The summed E-state index contributed by atoms with van der Waals surface area (Å²) in [6.45, 7) is 6.11. The van der Waals surface area contributed by atoms with Crippen LogP contribution >= 0.6 is 12.4 Å². The highest BCUT2D eigenvalue weighted by atomic mass is 35.5. The molecule has 10 heteroatoms. The minimum Gasteiger partial charge on any atom is -0.493 e. The summed E-state index contributed by atoms with van der Waals surface area (Å²) in [7, 11) is 1.63. The Kier molecular flexibility index (Phi) is 8.28. The van der Waals surface area contributed by atoms with Gasteiger partial charge in [0.1, 0.15) is 12.2 Å². The number of carbonyl (C=O) groups excluding carboxylic acids is 1. The van der Waals surface area contributed by atoms with Crippen LogP contribution in [0.5, 0.6) is 11.5 Å². The second-order valence-corrected chi connectivity index (χ2v) is 9.85. The van der Waals surface area contributed by atoms with Crippen molar-refractivity contribution in [2.75, 3.05) is 58.4 Å². The predicted molar refractivity (Wildman–Crippen MR) is 148 cm³/mol. The number of nitrogens with zero attached hydrogens (tertiary/aromatic N) is 3. The number of methoxy groups -OCH3 is 1. The topological polar surface area (TPSA) is 97.8 Å². The van der Waals surface area contributed by atoms with Crippen LogP contribution in [-0.2, 0) is 9.53 Å². The molecule has 0 bridgehead atoms. The first-order valence-corrected chi connectivity index (χ1v) is 13.1. The standard InChI is InChI=1S/C28H33N5O4.ClH/c1-35-24-15-20-22(16-25(24)37-11-3-8-33-9-12-36-13-10-33)30-17-31-27(20)26-19-6-5-18(21-4-2-7-29-21)14-23(19)32-28(26)34;/h5-6,14-17,21,26,29H,2-4,7-13H2,1H3,(H,32,34);1H. The van der Waals surface area contributed by atoms with Crippen molar-refractivity contribution in [1.82, 2.24) is 20.2 Å². The molecule has 9 nitrogen and oxygen atoms in total. The minimum absolute atomic E-state index is 0. The Morgan fingerprint density at radius 3 is 2.79 bits per heavy atom. The maximum atomic E-state index is 13.2. The van der Waals surface area contributed by atoms with Crippen LogP contribution in [0.4, 0.5) is 5.69 Å². The summed E-state index contributed by atoms with van der Waals surface area (Å²) in [6, 6.07) is 10.4. The Labute approximate surface area is 228 Å². The maximum Gasteiger partial charge on any atom is 0.238 e. The summed E-state index contributed by atoms with van der Waals surface area (Å²) < 4.78 is 17.2. The highest BCUT2D eigenvalue weighted by Crippen LogP contribution is 2.42. The van der Waals surface area contributed by atoms with Crippen molar-refractivity contribution in [1.29, 1.82) is 0 Å². The quantitative estimate of drug-likeness (QED) is 0.418. The van der Waals surface area contributed by atoms with Crippen LogP contribution in [0, 0.1) is 0 Å². The number of amides is 1. The average molecular weight is 540 g/mol. The number of ether oxygens (including phenoxy) is 3. The molecule has 2 aromatic carbocycles. The summed E-state index contributed by atoms with van der Waals surface area (Å²) >= 11 is 0. The summed E-state index contributed by atoms with van der Waals surface area (Å²) in [4.78, 5) is 24.6. The van der Waals surface area contributed by atoms with E-state index in [9.17, 15) is 4.79 Å². The van der Waals surface area contributed by atoms with E-state index < -0.39 is 5.92 Å². The smallest absolute Gasteiger partial charge is 0.238 e. The Hall–Kier alpha value is -2.98. The number of benzene rings is 2. The van der Waals surface area contributed by atoms with Gasteiger partial charge in [-0.3, -0.25) is 9.69 Å². The van der Waals surface area contributed by atoms with Crippen molar-refractivity contribution in [2.24, 2.45) is 0 Å². The predicted octanol–water partition coefficient (Wildman–Crippen LogP) is 3.67. The zero-order chi connectivity index (χ0) is 25.2. The van der Waals surface area contributed by atoms with Crippen molar-refractivity contribution in [3.8, 4) is 11.5 Å². The van der Waals surface area contributed by atoms with E-state index in [-0.39, 0.29) is 18.3 Å². The fourth-order valence-corrected chi connectivity index (χ4v) is 5.62. The van der Waals surface area contributed by atoms with E-state index in [4.69, 9.17) is 14.2 Å². The van der Waals surface area contributed by atoms with E-state index in [0.717, 1.165) is 74.4 Å². The van der Waals surface area contributed by atoms with Gasteiger partial charge >= 0.3 is 0 Å². The van der Waals surface area contributed by atoms with Gasteiger partial charge in [0, 0.05) is 42.8 Å². The third kappa shape index (κ3) is 5.29. The SMILES string of the molecule is COc1cc2c(C3C(=O)Nc4cc(C5CCCN5)ccc43)ncnc2cc1OCCCN1CCOCC1.Cl. The lowest BCUT2D eigenvalue weighted by Gasteiger charge is -2.26. The molecule has 3 aromatic rings.